The zero-order valence-corrected chi connectivity index (χ0v) is 12.9. The molecule has 0 saturated heterocycles. The summed E-state index contributed by atoms with van der Waals surface area (Å²) in [6, 6.07) is 3.76. The van der Waals surface area contributed by atoms with Crippen molar-refractivity contribution < 1.29 is 19.0 Å². The lowest BCUT2D eigenvalue weighted by molar-refractivity contribution is 0.0606. The summed E-state index contributed by atoms with van der Waals surface area (Å²) in [5.74, 6) is 0.991. The van der Waals surface area contributed by atoms with Gasteiger partial charge in [0.2, 0.25) is 0 Å². The Labute approximate surface area is 127 Å². The molecule has 20 heavy (non-hydrogen) atoms. The van der Waals surface area contributed by atoms with Crippen molar-refractivity contribution in [3.05, 3.63) is 27.7 Å². The Hall–Kier alpha value is -1.60. The molecule has 2 aromatic rings. The van der Waals surface area contributed by atoms with Crippen molar-refractivity contribution in [2.45, 2.75) is 0 Å². The van der Waals surface area contributed by atoms with Crippen LogP contribution in [-0.2, 0) is 4.74 Å². The highest BCUT2D eigenvalue weighted by Gasteiger charge is 2.19. The minimum atomic E-state index is -0.384. The van der Waals surface area contributed by atoms with Crippen molar-refractivity contribution in [3.63, 3.8) is 0 Å². The third-order valence-electron chi connectivity index (χ3n) is 2.74. The summed E-state index contributed by atoms with van der Waals surface area (Å²) >= 11 is 4.73. The van der Waals surface area contributed by atoms with Gasteiger partial charge in [-0.2, -0.15) is 0 Å². The average Bonchev–Trinajstić information content (AvgIpc) is 2.96. The van der Waals surface area contributed by atoms with Gasteiger partial charge in [-0.1, -0.05) is 0 Å². The highest BCUT2D eigenvalue weighted by Crippen LogP contribution is 2.41. The normalized spacial score (nSPS) is 13.1. The van der Waals surface area contributed by atoms with E-state index in [2.05, 4.69) is 25.7 Å². The number of halogens is 1. The smallest absolute Gasteiger partial charge is 0.349 e. The summed E-state index contributed by atoms with van der Waals surface area (Å²) in [7, 11) is 1.35. The third-order valence-corrected chi connectivity index (χ3v) is 4.35. The molecule has 0 amide bonds. The van der Waals surface area contributed by atoms with Crippen molar-refractivity contribution in [3.8, 4) is 22.1 Å². The predicted molar refractivity (Wildman–Crippen MR) is 77.6 cm³/mol. The molecular formula is C13H10BrNO4S. The maximum atomic E-state index is 11.5. The summed E-state index contributed by atoms with van der Waals surface area (Å²) in [5, 5.41) is 0.725. The SMILES string of the molecule is COC(=O)c1cnc(-c2cc(Br)c3c(c2)OCCO3)s1. The van der Waals surface area contributed by atoms with E-state index in [1.807, 2.05) is 12.1 Å². The molecule has 7 heteroatoms. The first-order valence-electron chi connectivity index (χ1n) is 5.82. The summed E-state index contributed by atoms with van der Waals surface area (Å²) < 4.78 is 16.6. The van der Waals surface area contributed by atoms with Gasteiger partial charge in [0.05, 0.1) is 17.8 Å². The van der Waals surface area contributed by atoms with E-state index in [0.29, 0.717) is 29.6 Å². The van der Waals surface area contributed by atoms with Crippen LogP contribution in [0.1, 0.15) is 9.67 Å². The van der Waals surface area contributed by atoms with Gasteiger partial charge in [0.15, 0.2) is 11.5 Å². The van der Waals surface area contributed by atoms with Crippen LogP contribution < -0.4 is 9.47 Å². The molecule has 1 aromatic carbocycles. The molecular weight excluding hydrogens is 346 g/mol. The van der Waals surface area contributed by atoms with Gasteiger partial charge >= 0.3 is 5.97 Å². The molecule has 0 unspecified atom stereocenters. The summed E-state index contributed by atoms with van der Waals surface area (Å²) in [5.41, 5.74) is 0.862. The minimum Gasteiger partial charge on any atom is -0.486 e. The summed E-state index contributed by atoms with van der Waals surface area (Å²) in [6.07, 6.45) is 1.51. The van der Waals surface area contributed by atoms with Crippen LogP contribution in [0.2, 0.25) is 0 Å². The van der Waals surface area contributed by atoms with Gasteiger partial charge in [-0.05, 0) is 28.1 Å². The standard InChI is InChI=1S/C13H10BrNO4S/c1-17-13(16)10-6-15-12(20-10)7-4-8(14)11-9(5-7)18-2-3-19-11/h4-6H,2-3H2,1H3. The van der Waals surface area contributed by atoms with E-state index in [0.717, 1.165) is 15.0 Å². The van der Waals surface area contributed by atoms with Crippen LogP contribution in [0.15, 0.2) is 22.8 Å². The van der Waals surface area contributed by atoms with Crippen molar-refractivity contribution in [1.82, 2.24) is 4.98 Å². The number of fused-ring (bicyclic) bond motifs is 1. The van der Waals surface area contributed by atoms with E-state index < -0.39 is 0 Å². The number of carbonyl (C=O) groups excluding carboxylic acids is 1. The largest absolute Gasteiger partial charge is 0.486 e. The molecule has 0 atom stereocenters. The number of rotatable bonds is 2. The molecule has 0 spiro atoms. The van der Waals surface area contributed by atoms with E-state index in [1.165, 1.54) is 24.6 Å². The van der Waals surface area contributed by atoms with Gasteiger partial charge in [0.1, 0.15) is 23.1 Å². The molecule has 1 aliphatic rings. The molecule has 0 radical (unpaired) electrons. The third kappa shape index (κ3) is 2.38. The maximum absolute atomic E-state index is 11.5. The second-order valence-electron chi connectivity index (χ2n) is 4.00. The number of aromatic nitrogens is 1. The number of hydrogen-bond acceptors (Lipinski definition) is 6. The molecule has 0 bridgehead atoms. The van der Waals surface area contributed by atoms with E-state index in [9.17, 15) is 4.79 Å². The number of benzene rings is 1. The Morgan fingerprint density at radius 1 is 1.40 bits per heavy atom. The Kier molecular flexibility index (Phi) is 3.62. The second-order valence-corrected chi connectivity index (χ2v) is 5.89. The van der Waals surface area contributed by atoms with E-state index in [4.69, 9.17) is 9.47 Å². The van der Waals surface area contributed by atoms with Gasteiger partial charge in [-0.3, -0.25) is 0 Å². The highest BCUT2D eigenvalue weighted by atomic mass is 79.9. The van der Waals surface area contributed by atoms with E-state index in [-0.39, 0.29) is 5.97 Å². The van der Waals surface area contributed by atoms with E-state index in [1.54, 1.807) is 0 Å². The molecule has 2 heterocycles. The maximum Gasteiger partial charge on any atom is 0.349 e. The molecule has 0 saturated carbocycles. The first kappa shape index (κ1) is 13.4. The Morgan fingerprint density at radius 2 is 2.20 bits per heavy atom. The van der Waals surface area contributed by atoms with Crippen molar-refractivity contribution >= 4 is 33.2 Å². The number of methoxy groups -OCH3 is 1. The fourth-order valence-electron chi connectivity index (χ4n) is 1.84. The van der Waals surface area contributed by atoms with Gasteiger partial charge in [0.25, 0.3) is 0 Å². The number of ether oxygens (including phenoxy) is 3. The van der Waals surface area contributed by atoms with Crippen LogP contribution in [0.3, 0.4) is 0 Å². The van der Waals surface area contributed by atoms with Crippen LogP contribution in [0.5, 0.6) is 11.5 Å². The quantitative estimate of drug-likeness (QED) is 0.774. The first-order chi connectivity index (χ1) is 9.69. The molecule has 0 aliphatic carbocycles. The highest BCUT2D eigenvalue weighted by molar-refractivity contribution is 9.10. The molecule has 104 valence electrons. The topological polar surface area (TPSA) is 57.7 Å². The first-order valence-corrected chi connectivity index (χ1v) is 7.43. The summed E-state index contributed by atoms with van der Waals surface area (Å²) in [6.45, 7) is 1.06. The zero-order valence-electron chi connectivity index (χ0n) is 10.5. The Bertz CT molecular complexity index is 670. The van der Waals surface area contributed by atoms with Crippen LogP contribution in [-0.4, -0.2) is 31.3 Å². The molecule has 0 fully saturated rings. The zero-order chi connectivity index (χ0) is 14.1. The molecule has 1 aromatic heterocycles. The van der Waals surface area contributed by atoms with Crippen LogP contribution in [0, 0.1) is 0 Å². The van der Waals surface area contributed by atoms with Crippen molar-refractivity contribution in [2.75, 3.05) is 20.3 Å². The fourth-order valence-corrected chi connectivity index (χ4v) is 3.21. The van der Waals surface area contributed by atoms with Crippen molar-refractivity contribution in [1.29, 1.82) is 0 Å². The number of nitrogens with zero attached hydrogens (tertiary/aromatic N) is 1. The Balaban J connectivity index is 2.00. The van der Waals surface area contributed by atoms with E-state index >= 15 is 0 Å². The van der Waals surface area contributed by atoms with Crippen molar-refractivity contribution in [2.24, 2.45) is 0 Å². The van der Waals surface area contributed by atoms with Crippen LogP contribution in [0.25, 0.3) is 10.6 Å². The van der Waals surface area contributed by atoms with Crippen LogP contribution >= 0.6 is 27.3 Å². The van der Waals surface area contributed by atoms with Gasteiger partial charge < -0.3 is 14.2 Å². The lowest BCUT2D eigenvalue weighted by Gasteiger charge is -2.20. The number of hydrogen-bond donors (Lipinski definition) is 0. The molecule has 5 nitrogen and oxygen atoms in total. The summed E-state index contributed by atoms with van der Waals surface area (Å²) in [4.78, 5) is 16.2. The van der Waals surface area contributed by atoms with Gasteiger partial charge in [0, 0.05) is 5.56 Å². The number of carbonyl (C=O) groups is 1. The lowest BCUT2D eigenvalue weighted by atomic mass is 10.2. The molecule has 3 rings (SSSR count). The lowest BCUT2D eigenvalue weighted by Crippen LogP contribution is -2.15. The van der Waals surface area contributed by atoms with Gasteiger partial charge in [-0.15, -0.1) is 11.3 Å². The molecule has 1 aliphatic heterocycles. The second kappa shape index (κ2) is 5.41. The minimum absolute atomic E-state index is 0.384. The average molecular weight is 356 g/mol. The van der Waals surface area contributed by atoms with Crippen LogP contribution in [0.4, 0.5) is 0 Å². The fraction of sp³-hybridized carbons (Fsp3) is 0.231. The number of thiazole rings is 1. The predicted octanol–water partition coefficient (Wildman–Crippen LogP) is 3.13. The Morgan fingerprint density at radius 3 is 3.00 bits per heavy atom. The number of esters is 1. The monoisotopic (exact) mass is 355 g/mol. The van der Waals surface area contributed by atoms with Gasteiger partial charge in [-0.25, -0.2) is 9.78 Å². The molecule has 0 N–H and O–H groups in total.